The first-order chi connectivity index (χ1) is 18.3. The molecule has 0 saturated heterocycles. The van der Waals surface area contributed by atoms with Crippen molar-refractivity contribution in [2.75, 3.05) is 18.0 Å². The van der Waals surface area contributed by atoms with Crippen LogP contribution in [0.25, 0.3) is 0 Å². The van der Waals surface area contributed by atoms with Gasteiger partial charge in [0.25, 0.3) is 0 Å². The summed E-state index contributed by atoms with van der Waals surface area (Å²) in [6.07, 6.45) is 4.28. The van der Waals surface area contributed by atoms with Crippen LogP contribution in [0.5, 0.6) is 5.75 Å². The summed E-state index contributed by atoms with van der Waals surface area (Å²) >= 11 is 0. The van der Waals surface area contributed by atoms with Crippen molar-refractivity contribution >= 4 is 23.4 Å². The van der Waals surface area contributed by atoms with Crippen molar-refractivity contribution in [1.29, 1.82) is 0 Å². The molecule has 0 spiro atoms. The number of aromatic carboxylic acids is 2. The van der Waals surface area contributed by atoms with E-state index in [9.17, 15) is 24.6 Å². The van der Waals surface area contributed by atoms with Crippen LogP contribution < -0.4 is 4.90 Å². The fourth-order valence-electron chi connectivity index (χ4n) is 4.24. The summed E-state index contributed by atoms with van der Waals surface area (Å²) in [6, 6.07) is 18.5. The topological polar surface area (TPSA) is 115 Å². The number of phenolic OH excluding ortho intramolecular Hbond substituents is 1. The van der Waals surface area contributed by atoms with E-state index in [1.54, 1.807) is 54.6 Å². The molecule has 38 heavy (non-hydrogen) atoms. The van der Waals surface area contributed by atoms with Gasteiger partial charge in [-0.25, -0.2) is 9.59 Å². The number of phenols is 1. The molecular weight excluding hydrogens is 482 g/mol. The molecule has 0 aliphatic rings. The van der Waals surface area contributed by atoms with Crippen LogP contribution in [0.2, 0.25) is 0 Å². The number of aromatic hydroxyl groups is 1. The van der Waals surface area contributed by atoms with E-state index in [0.29, 0.717) is 41.9 Å². The minimum atomic E-state index is -1.08. The summed E-state index contributed by atoms with van der Waals surface area (Å²) in [5.41, 5.74) is 1.80. The molecule has 0 saturated carbocycles. The third-order valence-electron chi connectivity index (χ3n) is 6.29. The lowest BCUT2D eigenvalue weighted by atomic mass is 9.89. The van der Waals surface area contributed by atoms with Gasteiger partial charge >= 0.3 is 11.9 Å². The van der Waals surface area contributed by atoms with Crippen molar-refractivity contribution in [3.05, 3.63) is 94.5 Å². The molecule has 202 valence electrons. The van der Waals surface area contributed by atoms with Gasteiger partial charge in [0.2, 0.25) is 0 Å². The number of unbranched alkanes of at least 4 members (excludes halogenated alkanes) is 3. The molecule has 0 aliphatic heterocycles. The van der Waals surface area contributed by atoms with Crippen LogP contribution in [0, 0.1) is 0 Å². The van der Waals surface area contributed by atoms with Gasteiger partial charge in [0.1, 0.15) is 5.75 Å². The number of ketones is 1. The zero-order chi connectivity index (χ0) is 28.1. The van der Waals surface area contributed by atoms with Crippen molar-refractivity contribution in [1.82, 2.24) is 0 Å². The monoisotopic (exact) mass is 519 g/mol. The Labute approximate surface area is 224 Å². The van der Waals surface area contributed by atoms with E-state index in [2.05, 4.69) is 6.92 Å². The Morgan fingerprint density at radius 2 is 1.29 bits per heavy atom. The molecule has 0 aromatic heterocycles. The number of nitrogens with zero attached hydrogens (tertiary/aromatic N) is 1. The van der Waals surface area contributed by atoms with E-state index in [1.807, 2.05) is 24.8 Å². The molecule has 0 unspecified atom stereocenters. The van der Waals surface area contributed by atoms with E-state index in [4.69, 9.17) is 5.11 Å². The third-order valence-corrected chi connectivity index (χ3v) is 6.29. The van der Waals surface area contributed by atoms with Gasteiger partial charge in [0, 0.05) is 18.7 Å². The van der Waals surface area contributed by atoms with Crippen molar-refractivity contribution in [2.24, 2.45) is 0 Å². The summed E-state index contributed by atoms with van der Waals surface area (Å²) in [6.45, 7) is 7.16. The first-order valence-electron chi connectivity index (χ1n) is 13.0. The lowest BCUT2D eigenvalue weighted by Crippen LogP contribution is -2.24. The van der Waals surface area contributed by atoms with Crippen LogP contribution in [0.15, 0.2) is 66.7 Å². The van der Waals surface area contributed by atoms with Gasteiger partial charge in [-0.15, -0.1) is 0 Å². The average Bonchev–Trinajstić information content (AvgIpc) is 2.93. The Hall–Kier alpha value is -4.13. The van der Waals surface area contributed by atoms with Gasteiger partial charge in [0.05, 0.1) is 22.4 Å². The largest absolute Gasteiger partial charge is 0.505 e. The fraction of sp³-hybridized carbons (Fsp3) is 0.323. The number of carboxylic acid groups (broad SMARTS) is 2. The number of hydrogen-bond donors (Lipinski definition) is 3. The SMILES string of the molecule is CCCCCCc1c(C(=O)O)cc(N(CC)CC)c(O)c1C(=O)c1ccccc1.O=C(O)c1ccccc1. The van der Waals surface area contributed by atoms with Crippen LogP contribution in [-0.2, 0) is 6.42 Å². The number of anilines is 1. The number of carbonyl (C=O) groups is 3. The van der Waals surface area contributed by atoms with E-state index in [0.717, 1.165) is 25.7 Å². The number of hydrogen-bond acceptors (Lipinski definition) is 5. The van der Waals surface area contributed by atoms with Crippen molar-refractivity contribution in [2.45, 2.75) is 52.9 Å². The maximum absolute atomic E-state index is 13.3. The highest BCUT2D eigenvalue weighted by Crippen LogP contribution is 2.38. The number of carboxylic acids is 2. The third kappa shape index (κ3) is 7.93. The summed E-state index contributed by atoms with van der Waals surface area (Å²) in [5, 5.41) is 29.3. The van der Waals surface area contributed by atoms with Crippen molar-refractivity contribution in [3.63, 3.8) is 0 Å². The molecule has 0 radical (unpaired) electrons. The quantitative estimate of drug-likeness (QED) is 0.181. The number of benzene rings is 3. The van der Waals surface area contributed by atoms with Gasteiger partial charge in [-0.3, -0.25) is 4.79 Å². The zero-order valence-electron chi connectivity index (χ0n) is 22.3. The Kier molecular flexibility index (Phi) is 12.0. The second-order valence-electron chi connectivity index (χ2n) is 8.80. The molecule has 0 atom stereocenters. The first kappa shape index (κ1) is 30.1. The first-order valence-corrected chi connectivity index (χ1v) is 13.0. The number of carbonyl (C=O) groups excluding carboxylic acids is 1. The molecule has 7 heteroatoms. The van der Waals surface area contributed by atoms with Crippen LogP contribution in [0.3, 0.4) is 0 Å². The fourth-order valence-corrected chi connectivity index (χ4v) is 4.24. The molecule has 0 bridgehead atoms. The van der Waals surface area contributed by atoms with Gasteiger partial charge in [0.15, 0.2) is 5.78 Å². The maximum atomic E-state index is 13.3. The van der Waals surface area contributed by atoms with Crippen LogP contribution in [0.1, 0.15) is 88.7 Å². The predicted molar refractivity (Wildman–Crippen MR) is 150 cm³/mol. The summed E-state index contributed by atoms with van der Waals surface area (Å²) in [4.78, 5) is 37.5. The lowest BCUT2D eigenvalue weighted by molar-refractivity contribution is 0.0685. The highest BCUT2D eigenvalue weighted by molar-refractivity contribution is 6.14. The van der Waals surface area contributed by atoms with Crippen LogP contribution in [-0.4, -0.2) is 46.1 Å². The normalized spacial score (nSPS) is 10.3. The smallest absolute Gasteiger partial charge is 0.336 e. The molecule has 7 nitrogen and oxygen atoms in total. The highest BCUT2D eigenvalue weighted by atomic mass is 16.4. The number of rotatable bonds is 12. The van der Waals surface area contributed by atoms with E-state index in [1.165, 1.54) is 6.07 Å². The Balaban J connectivity index is 0.000000474. The molecule has 3 N–H and O–H groups in total. The Morgan fingerprint density at radius 1 is 0.737 bits per heavy atom. The maximum Gasteiger partial charge on any atom is 0.336 e. The highest BCUT2D eigenvalue weighted by Gasteiger charge is 2.27. The minimum absolute atomic E-state index is 0.0977. The zero-order valence-corrected chi connectivity index (χ0v) is 22.3. The lowest BCUT2D eigenvalue weighted by Gasteiger charge is -2.25. The minimum Gasteiger partial charge on any atom is -0.505 e. The molecule has 0 aliphatic carbocycles. The second kappa shape index (κ2) is 15.2. The van der Waals surface area contributed by atoms with E-state index >= 15 is 0 Å². The molecule has 0 fully saturated rings. The Bertz CT molecular complexity index is 1200. The second-order valence-corrected chi connectivity index (χ2v) is 8.80. The predicted octanol–water partition coefficient (Wildman–Crippen LogP) is 6.68. The van der Waals surface area contributed by atoms with Crippen molar-refractivity contribution in [3.8, 4) is 5.75 Å². The molecule has 0 heterocycles. The molecular formula is C31H37NO6. The van der Waals surface area contributed by atoms with Gasteiger partial charge in [-0.1, -0.05) is 74.7 Å². The molecule has 3 aromatic rings. The van der Waals surface area contributed by atoms with Gasteiger partial charge < -0.3 is 20.2 Å². The molecule has 0 amide bonds. The molecule has 3 rings (SSSR count). The summed E-state index contributed by atoms with van der Waals surface area (Å²) in [5.74, 6) is -2.43. The van der Waals surface area contributed by atoms with Crippen LogP contribution in [0.4, 0.5) is 5.69 Å². The van der Waals surface area contributed by atoms with Gasteiger partial charge in [-0.2, -0.15) is 0 Å². The van der Waals surface area contributed by atoms with Gasteiger partial charge in [-0.05, 0) is 50.5 Å². The van der Waals surface area contributed by atoms with E-state index in [-0.39, 0.29) is 22.7 Å². The summed E-state index contributed by atoms with van der Waals surface area (Å²) < 4.78 is 0. The standard InChI is InChI=1S/C24H31NO4.C7H6O2/c1-4-7-8-12-15-18-19(24(28)29)16-20(25(5-2)6-3)23(27)21(18)22(26)17-13-10-9-11-14-17;8-7(9)6-4-2-1-3-5-6/h9-11,13-14,16,27H,4-8,12,15H2,1-3H3,(H,28,29);1-5H,(H,8,9). The van der Waals surface area contributed by atoms with Crippen LogP contribution >= 0.6 is 0 Å². The average molecular weight is 520 g/mol. The summed E-state index contributed by atoms with van der Waals surface area (Å²) in [7, 11) is 0. The van der Waals surface area contributed by atoms with E-state index < -0.39 is 11.9 Å². The molecule has 3 aromatic carbocycles. The Morgan fingerprint density at radius 3 is 1.74 bits per heavy atom. The van der Waals surface area contributed by atoms with Crippen molar-refractivity contribution < 1.29 is 29.7 Å².